The molecule has 1 aliphatic rings. The summed E-state index contributed by atoms with van der Waals surface area (Å²) in [7, 11) is -3.21. The molecule has 1 heterocycles. The van der Waals surface area contributed by atoms with Crippen LogP contribution >= 0.6 is 0 Å². The number of rotatable bonds is 11. The highest BCUT2D eigenvalue weighted by molar-refractivity contribution is 7.81. The summed E-state index contributed by atoms with van der Waals surface area (Å²) in [6, 6.07) is 3.28. The van der Waals surface area contributed by atoms with Gasteiger partial charge in [0.15, 0.2) is 0 Å². The summed E-state index contributed by atoms with van der Waals surface area (Å²) >= 11 is 0. The molecule has 1 aromatic rings. The predicted octanol–water partition coefficient (Wildman–Crippen LogP) is 2.85. The Hall–Kier alpha value is -2.70. The zero-order chi connectivity index (χ0) is 27.3. The maximum absolute atomic E-state index is 12.7. The molecule has 0 bridgehead atoms. The van der Waals surface area contributed by atoms with Crippen molar-refractivity contribution < 1.29 is 36.0 Å². The van der Waals surface area contributed by atoms with Crippen LogP contribution in [-0.4, -0.2) is 68.6 Å². The van der Waals surface area contributed by atoms with E-state index in [9.17, 15) is 22.8 Å². The third-order valence-corrected chi connectivity index (χ3v) is 6.98. The van der Waals surface area contributed by atoms with Crippen LogP contribution in [0.15, 0.2) is 18.2 Å². The number of nitrogens with two attached hydrogens (primary N) is 1. The van der Waals surface area contributed by atoms with Crippen LogP contribution < -0.4 is 5.73 Å². The molecule has 11 nitrogen and oxygen atoms in total. The SMILES string of the molecule is Cc1cccc(C)c1C(=O)OCCCC(C)(C)COS(=O)(=O)ON1C(=O)N(C)[C@H](C(N)=O)CC[C@@H]1C. The molecule has 0 aromatic heterocycles. The number of carbonyl (C=O) groups is 3. The quantitative estimate of drug-likeness (QED) is 0.341. The van der Waals surface area contributed by atoms with Crippen LogP contribution in [0.1, 0.15) is 67.9 Å². The molecule has 2 N–H and O–H groups in total. The van der Waals surface area contributed by atoms with Crippen molar-refractivity contribution in [2.24, 2.45) is 11.1 Å². The zero-order valence-electron chi connectivity index (χ0n) is 21.8. The molecule has 0 saturated carbocycles. The van der Waals surface area contributed by atoms with Gasteiger partial charge in [0.25, 0.3) is 0 Å². The highest BCUT2D eigenvalue weighted by atomic mass is 32.3. The number of benzene rings is 1. The number of esters is 1. The second-order valence-electron chi connectivity index (χ2n) is 9.98. The molecule has 1 aliphatic heterocycles. The molecule has 0 spiro atoms. The zero-order valence-corrected chi connectivity index (χ0v) is 22.6. The van der Waals surface area contributed by atoms with Crippen LogP contribution in [0.5, 0.6) is 0 Å². The van der Waals surface area contributed by atoms with Crippen molar-refractivity contribution in [2.45, 2.75) is 72.4 Å². The summed E-state index contributed by atoms with van der Waals surface area (Å²) < 4.78 is 40.4. The Kier molecular flexibility index (Phi) is 9.86. The maximum Gasteiger partial charge on any atom is 0.421 e. The number of carbonyl (C=O) groups excluding carboxylic acids is 3. The first-order valence-electron chi connectivity index (χ1n) is 11.8. The van der Waals surface area contributed by atoms with Gasteiger partial charge in [-0.25, -0.2) is 13.8 Å². The molecule has 12 heteroatoms. The van der Waals surface area contributed by atoms with Crippen molar-refractivity contribution in [3.05, 3.63) is 34.9 Å². The molecule has 2 atom stereocenters. The monoisotopic (exact) mass is 527 g/mol. The number of primary amides is 1. The first-order valence-corrected chi connectivity index (χ1v) is 13.2. The lowest BCUT2D eigenvalue weighted by Gasteiger charge is -2.29. The van der Waals surface area contributed by atoms with Crippen molar-refractivity contribution in [2.75, 3.05) is 20.3 Å². The number of urea groups is 1. The summed E-state index contributed by atoms with van der Waals surface area (Å²) in [5.41, 5.74) is 6.99. The van der Waals surface area contributed by atoms with E-state index >= 15 is 0 Å². The van der Waals surface area contributed by atoms with Crippen LogP contribution in [0.3, 0.4) is 0 Å². The number of aryl methyl sites for hydroxylation is 2. The smallest absolute Gasteiger partial charge is 0.421 e. The van der Waals surface area contributed by atoms with E-state index in [1.165, 1.54) is 7.05 Å². The molecule has 0 unspecified atom stereocenters. The first kappa shape index (κ1) is 29.5. The van der Waals surface area contributed by atoms with E-state index in [4.69, 9.17) is 18.9 Å². The van der Waals surface area contributed by atoms with Gasteiger partial charge in [0.1, 0.15) is 6.04 Å². The Balaban J connectivity index is 1.87. The molecule has 0 radical (unpaired) electrons. The summed E-state index contributed by atoms with van der Waals surface area (Å²) in [4.78, 5) is 37.8. The van der Waals surface area contributed by atoms with Crippen LogP contribution in [0.2, 0.25) is 0 Å². The summed E-state index contributed by atoms with van der Waals surface area (Å²) in [6.07, 6.45) is 1.59. The summed E-state index contributed by atoms with van der Waals surface area (Å²) in [5, 5.41) is 0.693. The van der Waals surface area contributed by atoms with Crippen LogP contribution in [0, 0.1) is 19.3 Å². The lowest BCUT2D eigenvalue weighted by atomic mass is 9.89. The average molecular weight is 528 g/mol. The van der Waals surface area contributed by atoms with Gasteiger partial charge in [0.2, 0.25) is 5.91 Å². The Morgan fingerprint density at radius 1 is 1.17 bits per heavy atom. The van der Waals surface area contributed by atoms with Gasteiger partial charge in [-0.3, -0.25) is 4.79 Å². The Morgan fingerprint density at radius 3 is 2.36 bits per heavy atom. The topological polar surface area (TPSA) is 146 Å². The number of hydrogen-bond donors (Lipinski definition) is 1. The van der Waals surface area contributed by atoms with E-state index in [0.29, 0.717) is 29.9 Å². The first-order chi connectivity index (χ1) is 16.6. The summed E-state index contributed by atoms with van der Waals surface area (Å²) in [5.74, 6) is -1.07. The van der Waals surface area contributed by atoms with Gasteiger partial charge in [-0.15, -0.1) is 4.28 Å². The molecular weight excluding hydrogens is 490 g/mol. The number of likely N-dealkylation sites (N-methyl/N-ethyl adjacent to an activating group) is 1. The third-order valence-electron chi connectivity index (χ3n) is 6.23. The van der Waals surface area contributed by atoms with Crippen molar-refractivity contribution >= 4 is 28.3 Å². The predicted molar refractivity (Wildman–Crippen MR) is 132 cm³/mol. The van der Waals surface area contributed by atoms with E-state index < -0.39 is 45.8 Å². The normalized spacial score (nSPS) is 19.2. The van der Waals surface area contributed by atoms with Crippen LogP contribution in [0.4, 0.5) is 4.79 Å². The van der Waals surface area contributed by atoms with Gasteiger partial charge < -0.3 is 15.4 Å². The van der Waals surface area contributed by atoms with Gasteiger partial charge in [0, 0.05) is 7.05 Å². The van der Waals surface area contributed by atoms with Crippen molar-refractivity contribution in [1.29, 1.82) is 0 Å². The molecule has 1 fully saturated rings. The molecule has 202 valence electrons. The number of nitrogens with zero attached hydrogens (tertiary/aromatic N) is 2. The Labute approximate surface area is 213 Å². The van der Waals surface area contributed by atoms with Crippen molar-refractivity contribution in [1.82, 2.24) is 9.96 Å². The van der Waals surface area contributed by atoms with Gasteiger partial charge in [-0.2, -0.15) is 13.5 Å². The van der Waals surface area contributed by atoms with Crippen molar-refractivity contribution in [3.8, 4) is 0 Å². The number of hydroxylamine groups is 2. The highest BCUT2D eigenvalue weighted by Gasteiger charge is 2.38. The lowest BCUT2D eigenvalue weighted by Crippen LogP contribution is -2.50. The summed E-state index contributed by atoms with van der Waals surface area (Å²) in [6.45, 7) is 8.87. The minimum Gasteiger partial charge on any atom is -0.462 e. The van der Waals surface area contributed by atoms with Crippen molar-refractivity contribution in [3.63, 3.8) is 0 Å². The second kappa shape index (κ2) is 12.0. The minimum absolute atomic E-state index is 0.173. The number of ether oxygens (including phenoxy) is 1. The third kappa shape index (κ3) is 7.90. The fraction of sp³-hybridized carbons (Fsp3) is 0.625. The van der Waals surface area contributed by atoms with E-state index in [1.54, 1.807) is 20.8 Å². The van der Waals surface area contributed by atoms with E-state index in [-0.39, 0.29) is 19.6 Å². The molecule has 0 aliphatic carbocycles. The molecule has 1 aromatic carbocycles. The molecular formula is C24H37N3O8S. The van der Waals surface area contributed by atoms with E-state index in [0.717, 1.165) is 16.0 Å². The fourth-order valence-corrected chi connectivity index (χ4v) is 4.89. The van der Waals surface area contributed by atoms with E-state index in [2.05, 4.69) is 0 Å². The standard InChI is InChI=1S/C24H37N3O8S/c1-16-9-7-10-17(2)20(16)22(29)33-14-8-13-24(4,5)15-34-36(31,32)35-27-18(3)11-12-19(21(25)28)26(6)23(27)30/h7,9-10,18-19H,8,11-15H2,1-6H3,(H2,25,28)/t18-,19-/m0/s1. The second-order valence-corrected chi connectivity index (χ2v) is 11.2. The maximum atomic E-state index is 12.7. The molecule has 36 heavy (non-hydrogen) atoms. The number of hydrogen-bond acceptors (Lipinski definition) is 8. The number of amides is 3. The van der Waals surface area contributed by atoms with Gasteiger partial charge >= 0.3 is 22.4 Å². The van der Waals surface area contributed by atoms with Gasteiger partial charge in [0.05, 0.1) is 24.8 Å². The lowest BCUT2D eigenvalue weighted by molar-refractivity contribution is -0.122. The highest BCUT2D eigenvalue weighted by Crippen LogP contribution is 2.26. The minimum atomic E-state index is -4.57. The molecule has 3 amide bonds. The van der Waals surface area contributed by atoms with Crippen LogP contribution in [-0.2, 0) is 28.4 Å². The fourth-order valence-electron chi connectivity index (χ4n) is 3.97. The Morgan fingerprint density at radius 2 is 1.78 bits per heavy atom. The largest absolute Gasteiger partial charge is 0.462 e. The Bertz CT molecular complexity index is 1050. The van der Waals surface area contributed by atoms with Gasteiger partial charge in [-0.1, -0.05) is 32.0 Å². The van der Waals surface area contributed by atoms with Crippen LogP contribution in [0.25, 0.3) is 0 Å². The van der Waals surface area contributed by atoms with Gasteiger partial charge in [-0.05, 0) is 63.0 Å². The average Bonchev–Trinajstić information content (AvgIpc) is 2.87. The van der Waals surface area contributed by atoms with E-state index in [1.807, 2.05) is 32.0 Å². The molecule has 1 saturated heterocycles. The molecule has 2 rings (SSSR count).